The quantitative estimate of drug-likeness (QED) is 0.828. The van der Waals surface area contributed by atoms with Gasteiger partial charge in [0.05, 0.1) is 0 Å². The van der Waals surface area contributed by atoms with Crippen molar-refractivity contribution < 1.29 is 0 Å². The van der Waals surface area contributed by atoms with E-state index in [1.54, 1.807) is 0 Å². The van der Waals surface area contributed by atoms with E-state index in [2.05, 4.69) is 72.2 Å². The molecule has 2 aromatic carbocycles. The van der Waals surface area contributed by atoms with E-state index < -0.39 is 0 Å². The van der Waals surface area contributed by atoms with Crippen molar-refractivity contribution in [1.82, 2.24) is 5.32 Å². The van der Waals surface area contributed by atoms with Crippen LogP contribution in [0.4, 0.5) is 5.69 Å². The highest BCUT2D eigenvalue weighted by Crippen LogP contribution is 2.23. The Morgan fingerprint density at radius 2 is 1.74 bits per heavy atom. The first-order valence-electron chi connectivity index (χ1n) is 7.93. The molecule has 126 valence electrons. The van der Waals surface area contributed by atoms with Crippen LogP contribution in [0.25, 0.3) is 0 Å². The Hall–Kier alpha value is -1.22. The Labute approximate surface area is 151 Å². The fourth-order valence-electron chi connectivity index (χ4n) is 3.04. The van der Waals surface area contributed by atoms with Gasteiger partial charge in [0.1, 0.15) is 0 Å². The van der Waals surface area contributed by atoms with Gasteiger partial charge < -0.3 is 10.6 Å². The number of nitrogens with one attached hydrogen (secondary N) is 2. The summed E-state index contributed by atoms with van der Waals surface area (Å²) in [4.78, 5) is 0. The van der Waals surface area contributed by atoms with E-state index in [9.17, 15) is 0 Å². The second-order valence-electron chi connectivity index (χ2n) is 6.04. The van der Waals surface area contributed by atoms with Crippen molar-refractivity contribution >= 4 is 30.5 Å². The molecule has 23 heavy (non-hydrogen) atoms. The van der Waals surface area contributed by atoms with Gasteiger partial charge in [-0.1, -0.05) is 48.5 Å². The molecule has 2 nitrogen and oxygen atoms in total. The molecule has 1 heterocycles. The number of fused-ring (bicyclic) bond motifs is 1. The van der Waals surface area contributed by atoms with Crippen molar-refractivity contribution in [2.24, 2.45) is 0 Å². The van der Waals surface area contributed by atoms with Crippen LogP contribution in [0.3, 0.4) is 0 Å². The fraction of sp³-hybridized carbons (Fsp3) is 0.368. The van der Waals surface area contributed by atoms with Crippen LogP contribution in [-0.4, -0.2) is 18.6 Å². The molecular weight excluding hydrogens is 327 g/mol. The monoisotopic (exact) mass is 352 g/mol. The van der Waals surface area contributed by atoms with Crippen LogP contribution in [0, 0.1) is 0 Å². The summed E-state index contributed by atoms with van der Waals surface area (Å²) in [6.45, 7) is 3.30. The Bertz CT molecular complexity index is 575. The fourth-order valence-corrected chi connectivity index (χ4v) is 3.04. The molecule has 2 unspecified atom stereocenters. The summed E-state index contributed by atoms with van der Waals surface area (Å²) >= 11 is 0. The van der Waals surface area contributed by atoms with Crippen LogP contribution in [-0.2, 0) is 12.8 Å². The summed E-state index contributed by atoms with van der Waals surface area (Å²) < 4.78 is 0. The van der Waals surface area contributed by atoms with Crippen LogP contribution in [0.15, 0.2) is 54.6 Å². The smallest absolute Gasteiger partial charge is 0.0389 e. The predicted octanol–water partition coefficient (Wildman–Crippen LogP) is 4.48. The van der Waals surface area contributed by atoms with Crippen LogP contribution < -0.4 is 10.6 Å². The molecule has 0 spiro atoms. The number of hydrogen-bond donors (Lipinski definition) is 2. The summed E-state index contributed by atoms with van der Waals surface area (Å²) in [7, 11) is 0. The molecule has 3 rings (SSSR count). The van der Waals surface area contributed by atoms with Gasteiger partial charge in [-0.25, -0.2) is 0 Å². The standard InChI is InChI=1S/C19H24N2.2ClH/c1-15(13-16-7-3-2-4-8-16)20-14-18-12-11-17-9-5-6-10-19(17)21-18;;/h2-10,15,18,20-21H,11-14H2,1H3;2*1H. The Morgan fingerprint density at radius 1 is 1.04 bits per heavy atom. The third-order valence-electron chi connectivity index (χ3n) is 4.24. The normalized spacial score (nSPS) is 17.0. The molecule has 2 N–H and O–H groups in total. The molecule has 4 heteroatoms. The summed E-state index contributed by atoms with van der Waals surface area (Å²) in [5.41, 5.74) is 4.16. The highest BCUT2D eigenvalue weighted by molar-refractivity contribution is 5.85. The second kappa shape index (κ2) is 9.82. The molecule has 0 aliphatic carbocycles. The zero-order valence-corrected chi connectivity index (χ0v) is 15.1. The molecule has 0 saturated carbocycles. The van der Waals surface area contributed by atoms with E-state index in [4.69, 9.17) is 0 Å². The molecule has 0 bridgehead atoms. The maximum absolute atomic E-state index is 3.67. The van der Waals surface area contributed by atoms with Gasteiger partial charge in [-0.3, -0.25) is 0 Å². The highest BCUT2D eigenvalue weighted by Gasteiger charge is 2.17. The zero-order valence-electron chi connectivity index (χ0n) is 13.5. The Kier molecular flexibility index (Phi) is 8.46. The summed E-state index contributed by atoms with van der Waals surface area (Å²) in [5, 5.41) is 7.32. The minimum absolute atomic E-state index is 0. The van der Waals surface area contributed by atoms with Gasteiger partial charge in [0.25, 0.3) is 0 Å². The lowest BCUT2D eigenvalue weighted by Gasteiger charge is -2.28. The number of para-hydroxylation sites is 1. The zero-order chi connectivity index (χ0) is 14.5. The van der Waals surface area contributed by atoms with E-state index in [1.807, 2.05) is 0 Å². The molecule has 0 radical (unpaired) electrons. The number of halogens is 2. The van der Waals surface area contributed by atoms with Gasteiger partial charge in [0.15, 0.2) is 0 Å². The van der Waals surface area contributed by atoms with Gasteiger partial charge in [-0.05, 0) is 43.4 Å². The van der Waals surface area contributed by atoms with Crippen molar-refractivity contribution in [1.29, 1.82) is 0 Å². The number of hydrogen-bond acceptors (Lipinski definition) is 2. The van der Waals surface area contributed by atoms with Crippen LogP contribution in [0.2, 0.25) is 0 Å². The Morgan fingerprint density at radius 3 is 2.52 bits per heavy atom. The number of anilines is 1. The highest BCUT2D eigenvalue weighted by atomic mass is 35.5. The molecule has 2 atom stereocenters. The van der Waals surface area contributed by atoms with Crippen LogP contribution >= 0.6 is 24.8 Å². The SMILES string of the molecule is CC(Cc1ccccc1)NCC1CCc2ccccc2N1.Cl.Cl. The molecule has 1 aliphatic rings. The minimum atomic E-state index is 0. The summed E-state index contributed by atoms with van der Waals surface area (Å²) in [6.07, 6.45) is 3.48. The number of aryl methyl sites for hydroxylation is 1. The van der Waals surface area contributed by atoms with Crippen molar-refractivity contribution in [2.45, 2.75) is 38.3 Å². The largest absolute Gasteiger partial charge is 0.381 e. The number of benzene rings is 2. The topological polar surface area (TPSA) is 24.1 Å². The molecular formula is C19H26Cl2N2. The van der Waals surface area contributed by atoms with Gasteiger partial charge in [-0.15, -0.1) is 24.8 Å². The van der Waals surface area contributed by atoms with Crippen molar-refractivity contribution in [3.63, 3.8) is 0 Å². The Balaban J connectivity index is 0.00000132. The lowest BCUT2D eigenvalue weighted by molar-refractivity contribution is 0.494. The molecule has 2 aromatic rings. The third-order valence-corrected chi connectivity index (χ3v) is 4.24. The van der Waals surface area contributed by atoms with Crippen LogP contribution in [0.1, 0.15) is 24.5 Å². The van der Waals surface area contributed by atoms with Gasteiger partial charge in [0.2, 0.25) is 0 Å². The third kappa shape index (κ3) is 5.72. The average Bonchev–Trinajstić information content (AvgIpc) is 2.54. The van der Waals surface area contributed by atoms with Gasteiger partial charge >= 0.3 is 0 Å². The predicted molar refractivity (Wildman–Crippen MR) is 104 cm³/mol. The first-order chi connectivity index (χ1) is 10.3. The lowest BCUT2D eigenvalue weighted by Crippen LogP contribution is -2.40. The lowest BCUT2D eigenvalue weighted by atomic mass is 9.98. The maximum Gasteiger partial charge on any atom is 0.0389 e. The van der Waals surface area contributed by atoms with E-state index in [1.165, 1.54) is 29.7 Å². The van der Waals surface area contributed by atoms with E-state index in [0.29, 0.717) is 12.1 Å². The summed E-state index contributed by atoms with van der Waals surface area (Å²) in [6, 6.07) is 20.4. The molecule has 0 fully saturated rings. The molecule has 0 amide bonds. The maximum atomic E-state index is 3.67. The molecule has 0 saturated heterocycles. The first kappa shape index (κ1) is 19.8. The molecule has 0 aromatic heterocycles. The van der Waals surface area contributed by atoms with E-state index in [-0.39, 0.29) is 24.8 Å². The van der Waals surface area contributed by atoms with Crippen molar-refractivity contribution in [3.05, 3.63) is 65.7 Å². The van der Waals surface area contributed by atoms with Crippen molar-refractivity contribution in [2.75, 3.05) is 11.9 Å². The van der Waals surface area contributed by atoms with Gasteiger partial charge in [0, 0.05) is 24.3 Å². The van der Waals surface area contributed by atoms with Gasteiger partial charge in [-0.2, -0.15) is 0 Å². The molecule has 1 aliphatic heterocycles. The average molecular weight is 353 g/mol. The van der Waals surface area contributed by atoms with E-state index >= 15 is 0 Å². The van der Waals surface area contributed by atoms with E-state index in [0.717, 1.165) is 13.0 Å². The van der Waals surface area contributed by atoms with Crippen LogP contribution in [0.5, 0.6) is 0 Å². The minimum Gasteiger partial charge on any atom is -0.381 e. The summed E-state index contributed by atoms with van der Waals surface area (Å²) in [5.74, 6) is 0. The first-order valence-corrected chi connectivity index (χ1v) is 7.93. The van der Waals surface area contributed by atoms with Crippen molar-refractivity contribution in [3.8, 4) is 0 Å². The number of rotatable bonds is 5. The second-order valence-corrected chi connectivity index (χ2v) is 6.04.